The Morgan fingerprint density at radius 3 is 2.31 bits per heavy atom. The molecule has 0 aliphatic heterocycles. The lowest BCUT2D eigenvalue weighted by Gasteiger charge is -1.99. The Morgan fingerprint density at radius 2 is 1.69 bits per heavy atom. The fraction of sp³-hybridized carbons (Fsp3) is 0. The summed E-state index contributed by atoms with van der Waals surface area (Å²) < 4.78 is 0. The van der Waals surface area contributed by atoms with E-state index < -0.39 is 0 Å². The zero-order valence-corrected chi connectivity index (χ0v) is 7.14. The third-order valence-electron chi connectivity index (χ3n) is 1.87. The van der Waals surface area contributed by atoms with E-state index in [0.717, 1.165) is 16.7 Å². The van der Waals surface area contributed by atoms with E-state index in [1.165, 1.54) is 0 Å². The van der Waals surface area contributed by atoms with Crippen molar-refractivity contribution in [2.75, 3.05) is 0 Å². The van der Waals surface area contributed by atoms with Gasteiger partial charge in [0, 0.05) is 11.8 Å². The molecule has 0 aliphatic rings. The van der Waals surface area contributed by atoms with E-state index in [1.54, 1.807) is 6.20 Å². The molecule has 0 atom stereocenters. The van der Waals surface area contributed by atoms with Crippen molar-refractivity contribution in [3.63, 3.8) is 0 Å². The summed E-state index contributed by atoms with van der Waals surface area (Å²) in [5, 5.41) is 0. The minimum atomic E-state index is 0.777. The van der Waals surface area contributed by atoms with Gasteiger partial charge in [-0.05, 0) is 12.1 Å². The summed E-state index contributed by atoms with van der Waals surface area (Å²) in [6.07, 6.45) is 1.78. The van der Waals surface area contributed by atoms with Crippen molar-refractivity contribution < 1.29 is 0 Å². The quantitative estimate of drug-likeness (QED) is 0.584. The number of hydrogen-bond acceptors (Lipinski definition) is 1. The molecule has 0 aliphatic carbocycles. The Bertz CT molecular complexity index is 381. The molecular weight excluding hydrogens is 157 g/mol. The van der Waals surface area contributed by atoms with Crippen molar-refractivity contribution in [1.29, 1.82) is 0 Å². The van der Waals surface area contributed by atoms with Gasteiger partial charge in [-0.25, -0.2) is 0 Å². The number of nitrogens with zero attached hydrogens (tertiary/aromatic N) is 1. The molecule has 1 aromatic carbocycles. The first kappa shape index (κ1) is 8.05. The fourth-order valence-corrected chi connectivity index (χ4v) is 1.19. The maximum atomic E-state index is 5.58. The highest BCUT2D eigenvalue weighted by atomic mass is 14.7. The molecule has 60 valence electrons. The van der Waals surface area contributed by atoms with Crippen LogP contribution in [0.25, 0.3) is 11.3 Å². The lowest BCUT2D eigenvalue weighted by atomic mass is 9.95. The van der Waals surface area contributed by atoms with Crippen LogP contribution in [0.15, 0.2) is 48.7 Å². The Hall–Kier alpha value is -1.57. The lowest BCUT2D eigenvalue weighted by molar-refractivity contribution is 1.33. The molecule has 2 radical (unpaired) electrons. The summed E-state index contributed by atoms with van der Waals surface area (Å²) in [5.41, 5.74) is 2.84. The Morgan fingerprint density at radius 1 is 0.923 bits per heavy atom. The van der Waals surface area contributed by atoms with Crippen LogP contribution in [0.2, 0.25) is 0 Å². The van der Waals surface area contributed by atoms with E-state index in [9.17, 15) is 0 Å². The molecule has 1 aromatic heterocycles. The van der Waals surface area contributed by atoms with Crippen LogP contribution in [0, 0.1) is 0 Å². The molecule has 0 N–H and O–H groups in total. The van der Waals surface area contributed by atoms with Gasteiger partial charge >= 0.3 is 0 Å². The molecular formula is C11H8BN. The lowest BCUT2D eigenvalue weighted by Crippen LogP contribution is -1.99. The van der Waals surface area contributed by atoms with Crippen LogP contribution in [-0.4, -0.2) is 12.8 Å². The first-order chi connectivity index (χ1) is 6.36. The zero-order valence-electron chi connectivity index (χ0n) is 7.14. The largest absolute Gasteiger partial charge is 0.256 e. The van der Waals surface area contributed by atoms with E-state index in [2.05, 4.69) is 4.98 Å². The average molecular weight is 165 g/mol. The molecule has 0 spiro atoms. The van der Waals surface area contributed by atoms with Crippen molar-refractivity contribution in [2.24, 2.45) is 0 Å². The van der Waals surface area contributed by atoms with Gasteiger partial charge in [0.25, 0.3) is 0 Å². The standard InChI is InChI=1S/C11H8BN/c12-10-6-4-9(5-7-10)11-3-1-2-8-13-11/h1-8H. The van der Waals surface area contributed by atoms with E-state index in [4.69, 9.17) is 7.85 Å². The van der Waals surface area contributed by atoms with Crippen LogP contribution in [0.3, 0.4) is 0 Å². The molecule has 0 saturated carbocycles. The molecule has 1 nitrogen and oxygen atoms in total. The van der Waals surface area contributed by atoms with Crippen LogP contribution in [0.5, 0.6) is 0 Å². The van der Waals surface area contributed by atoms with Gasteiger partial charge in [0.05, 0.1) is 5.69 Å². The summed E-state index contributed by atoms with van der Waals surface area (Å²) in [6, 6.07) is 13.5. The Labute approximate surface area is 78.9 Å². The fourth-order valence-electron chi connectivity index (χ4n) is 1.19. The predicted octanol–water partition coefficient (Wildman–Crippen LogP) is 1.54. The maximum absolute atomic E-state index is 5.58. The molecule has 13 heavy (non-hydrogen) atoms. The average Bonchev–Trinajstić information content (AvgIpc) is 2.20. The zero-order chi connectivity index (χ0) is 9.10. The number of rotatable bonds is 1. The highest BCUT2D eigenvalue weighted by Crippen LogP contribution is 2.13. The molecule has 0 fully saturated rings. The second-order valence-corrected chi connectivity index (χ2v) is 2.84. The molecule has 0 bridgehead atoms. The van der Waals surface area contributed by atoms with E-state index >= 15 is 0 Å². The van der Waals surface area contributed by atoms with Crippen LogP contribution >= 0.6 is 0 Å². The van der Waals surface area contributed by atoms with Gasteiger partial charge in [-0.15, -0.1) is 0 Å². The third kappa shape index (κ3) is 1.78. The number of aromatic nitrogens is 1. The minimum Gasteiger partial charge on any atom is -0.256 e. The van der Waals surface area contributed by atoms with Crippen LogP contribution in [0.1, 0.15) is 0 Å². The monoisotopic (exact) mass is 165 g/mol. The number of pyridine rings is 1. The first-order valence-corrected chi connectivity index (χ1v) is 4.13. The van der Waals surface area contributed by atoms with Gasteiger partial charge in [-0.2, -0.15) is 0 Å². The van der Waals surface area contributed by atoms with Crippen molar-refractivity contribution >= 4 is 13.3 Å². The van der Waals surface area contributed by atoms with E-state index in [0.29, 0.717) is 0 Å². The van der Waals surface area contributed by atoms with Crippen LogP contribution in [0.4, 0.5) is 0 Å². The number of hydrogen-bond donors (Lipinski definition) is 0. The van der Waals surface area contributed by atoms with Crippen molar-refractivity contribution in [1.82, 2.24) is 4.98 Å². The minimum absolute atomic E-state index is 0.777. The summed E-state index contributed by atoms with van der Waals surface area (Å²) in [5.74, 6) is 0. The Balaban J connectivity index is 2.42. The normalized spacial score (nSPS) is 9.85. The molecule has 2 aromatic rings. The summed E-state index contributed by atoms with van der Waals surface area (Å²) >= 11 is 0. The van der Waals surface area contributed by atoms with Crippen molar-refractivity contribution in [2.45, 2.75) is 0 Å². The molecule has 2 heteroatoms. The molecule has 2 rings (SSSR count). The van der Waals surface area contributed by atoms with Crippen molar-refractivity contribution in [3.05, 3.63) is 48.7 Å². The Kier molecular flexibility index (Phi) is 2.13. The second-order valence-electron chi connectivity index (χ2n) is 2.84. The molecule has 1 heterocycles. The molecule has 0 amide bonds. The first-order valence-electron chi connectivity index (χ1n) is 4.13. The van der Waals surface area contributed by atoms with Gasteiger partial charge in [-0.1, -0.05) is 35.8 Å². The smallest absolute Gasteiger partial charge is 0.113 e. The highest BCUT2D eigenvalue weighted by molar-refractivity contribution is 6.32. The van der Waals surface area contributed by atoms with Gasteiger partial charge in [0.1, 0.15) is 7.85 Å². The van der Waals surface area contributed by atoms with Crippen LogP contribution < -0.4 is 5.46 Å². The molecule has 0 saturated heterocycles. The predicted molar refractivity (Wildman–Crippen MR) is 55.1 cm³/mol. The summed E-state index contributed by atoms with van der Waals surface area (Å²) in [7, 11) is 5.58. The molecule has 0 unspecified atom stereocenters. The summed E-state index contributed by atoms with van der Waals surface area (Å²) in [6.45, 7) is 0. The SMILES string of the molecule is [B]c1ccc(-c2ccccn2)cc1. The van der Waals surface area contributed by atoms with Gasteiger partial charge < -0.3 is 0 Å². The highest BCUT2D eigenvalue weighted by Gasteiger charge is 1.95. The van der Waals surface area contributed by atoms with Gasteiger partial charge in [-0.3, -0.25) is 4.98 Å². The van der Waals surface area contributed by atoms with Crippen molar-refractivity contribution in [3.8, 4) is 11.3 Å². The van der Waals surface area contributed by atoms with Crippen LogP contribution in [-0.2, 0) is 0 Å². The second kappa shape index (κ2) is 3.44. The van der Waals surface area contributed by atoms with E-state index in [-0.39, 0.29) is 0 Å². The van der Waals surface area contributed by atoms with Gasteiger partial charge in [0.15, 0.2) is 0 Å². The van der Waals surface area contributed by atoms with Gasteiger partial charge in [0.2, 0.25) is 0 Å². The number of benzene rings is 1. The third-order valence-corrected chi connectivity index (χ3v) is 1.87. The maximum Gasteiger partial charge on any atom is 0.113 e. The summed E-state index contributed by atoms with van der Waals surface area (Å²) in [4.78, 5) is 4.24. The topological polar surface area (TPSA) is 12.9 Å². The van der Waals surface area contributed by atoms with E-state index in [1.807, 2.05) is 42.5 Å².